The molecule has 5 heteroatoms. The molecule has 0 bridgehead atoms. The van der Waals surface area contributed by atoms with E-state index in [4.69, 9.17) is 4.74 Å². The van der Waals surface area contributed by atoms with Gasteiger partial charge in [-0.3, -0.25) is 0 Å². The Balaban J connectivity index is 2.26. The van der Waals surface area contributed by atoms with Gasteiger partial charge in [0.15, 0.2) is 0 Å². The Bertz CT molecular complexity index is 1180. The standard InChI is InChI=1S/C28H25O3PS/c1-2-31-27(29)28(33(30)26-21-13-6-14-22-26)32(23-15-7-3-8-16-23,24-17-9-4-10-18-24)25-19-11-5-12-20-25/h3-22H,2H2,1H3. The molecule has 1 unspecified atom stereocenters. The maximum Gasteiger partial charge on any atom is 0.348 e. The molecule has 4 aromatic carbocycles. The molecule has 3 nitrogen and oxygen atoms in total. The number of carbonyl (C=O) groups is 1. The highest BCUT2D eigenvalue weighted by atomic mass is 32.2. The summed E-state index contributed by atoms with van der Waals surface area (Å²) in [6.45, 7) is -0.855. The molecule has 4 rings (SSSR count). The highest BCUT2D eigenvalue weighted by Crippen LogP contribution is 2.47. The van der Waals surface area contributed by atoms with Crippen LogP contribution in [-0.2, 0) is 20.3 Å². The molecule has 0 saturated heterocycles. The van der Waals surface area contributed by atoms with Crippen LogP contribution < -0.4 is 15.9 Å². The van der Waals surface area contributed by atoms with E-state index < -0.39 is 23.7 Å². The molecule has 0 N–H and O–H groups in total. The van der Waals surface area contributed by atoms with Crippen molar-refractivity contribution in [3.8, 4) is 0 Å². The van der Waals surface area contributed by atoms with Gasteiger partial charge in [-0.1, -0.05) is 109 Å². The van der Waals surface area contributed by atoms with Gasteiger partial charge in [0.25, 0.3) is 0 Å². The van der Waals surface area contributed by atoms with Crippen LogP contribution in [0.2, 0.25) is 0 Å². The first kappa shape index (κ1) is 23.0. The highest BCUT2D eigenvalue weighted by molar-refractivity contribution is 8.18. The Labute approximate surface area is 197 Å². The number of carbonyl (C=O) groups excluding carboxylic acids is 1. The van der Waals surface area contributed by atoms with E-state index in [1.807, 2.05) is 109 Å². The molecule has 0 saturated carbocycles. The van der Waals surface area contributed by atoms with Gasteiger partial charge in [0.2, 0.25) is 0 Å². The van der Waals surface area contributed by atoms with Crippen LogP contribution in [0.4, 0.5) is 0 Å². The molecule has 0 radical (unpaired) electrons. The molecule has 0 aromatic heterocycles. The zero-order valence-electron chi connectivity index (χ0n) is 18.3. The molecule has 0 spiro atoms. The topological polar surface area (TPSA) is 43.4 Å². The lowest BCUT2D eigenvalue weighted by molar-refractivity contribution is -0.134. The molecular weight excluding hydrogens is 447 g/mol. The largest absolute Gasteiger partial charge is 0.462 e. The van der Waals surface area contributed by atoms with Crippen molar-refractivity contribution in [2.24, 2.45) is 0 Å². The molecule has 4 aromatic rings. The van der Waals surface area contributed by atoms with Gasteiger partial charge in [0.05, 0.1) is 17.4 Å². The van der Waals surface area contributed by atoms with Crippen LogP contribution in [0.3, 0.4) is 0 Å². The number of rotatable bonds is 7. The lowest BCUT2D eigenvalue weighted by Crippen LogP contribution is -2.36. The smallest absolute Gasteiger partial charge is 0.348 e. The molecule has 166 valence electrons. The molecule has 0 fully saturated rings. The molecule has 0 aliphatic carbocycles. The predicted octanol–water partition coefficient (Wildman–Crippen LogP) is 4.48. The average Bonchev–Trinajstić information content (AvgIpc) is 2.89. The van der Waals surface area contributed by atoms with Crippen molar-refractivity contribution < 1.29 is 13.7 Å². The molecule has 0 aliphatic rings. The van der Waals surface area contributed by atoms with Gasteiger partial charge < -0.3 is 4.74 Å². The molecule has 0 aliphatic heterocycles. The van der Waals surface area contributed by atoms with Crippen molar-refractivity contribution in [3.05, 3.63) is 121 Å². The number of esters is 1. The zero-order valence-corrected chi connectivity index (χ0v) is 20.0. The summed E-state index contributed by atoms with van der Waals surface area (Å²) in [5, 5.41) is 2.86. The van der Waals surface area contributed by atoms with Crippen molar-refractivity contribution in [2.45, 2.75) is 11.8 Å². The summed E-state index contributed by atoms with van der Waals surface area (Å²) in [5.41, 5.74) is 0. The molecule has 0 heterocycles. The summed E-state index contributed by atoms with van der Waals surface area (Å²) >= 11 is 0. The SMILES string of the molecule is CCOC(=O)C(S(=O)c1ccccc1)=P(c1ccccc1)(c1ccccc1)c1ccccc1. The third-order valence-electron chi connectivity index (χ3n) is 5.32. The monoisotopic (exact) mass is 472 g/mol. The second kappa shape index (κ2) is 10.6. The Morgan fingerprint density at radius 2 is 1.03 bits per heavy atom. The van der Waals surface area contributed by atoms with Crippen molar-refractivity contribution in [3.63, 3.8) is 0 Å². The number of hydrogen-bond acceptors (Lipinski definition) is 3. The fourth-order valence-electron chi connectivity index (χ4n) is 3.94. The van der Waals surface area contributed by atoms with Crippen molar-refractivity contribution >= 4 is 44.2 Å². The van der Waals surface area contributed by atoms with E-state index in [0.717, 1.165) is 15.9 Å². The van der Waals surface area contributed by atoms with Gasteiger partial charge in [-0.2, -0.15) is 0 Å². The summed E-state index contributed by atoms with van der Waals surface area (Å²) in [7, 11) is -1.73. The minimum atomic E-state index is -2.83. The molecule has 33 heavy (non-hydrogen) atoms. The average molecular weight is 473 g/mol. The van der Waals surface area contributed by atoms with Crippen LogP contribution in [0.25, 0.3) is 0 Å². The van der Waals surface area contributed by atoms with Gasteiger partial charge in [-0.05, 0) is 35.0 Å². The number of ether oxygens (including phenoxy) is 1. The molecule has 0 amide bonds. The van der Waals surface area contributed by atoms with Gasteiger partial charge in [0, 0.05) is 11.8 Å². The molecule has 1 atom stereocenters. The first-order chi connectivity index (χ1) is 16.2. The van der Waals surface area contributed by atoms with E-state index in [0.29, 0.717) is 9.52 Å². The second-order valence-electron chi connectivity index (χ2n) is 7.28. The van der Waals surface area contributed by atoms with Crippen molar-refractivity contribution in [2.75, 3.05) is 6.61 Å². The predicted molar refractivity (Wildman–Crippen MR) is 140 cm³/mol. The van der Waals surface area contributed by atoms with Gasteiger partial charge >= 0.3 is 5.97 Å². The van der Waals surface area contributed by atoms with E-state index >= 15 is 0 Å². The van der Waals surface area contributed by atoms with E-state index in [2.05, 4.69) is 0 Å². The number of hydrogen-bond donors (Lipinski definition) is 0. The normalized spacial score (nSPS) is 12.0. The van der Waals surface area contributed by atoms with Gasteiger partial charge in [-0.15, -0.1) is 0 Å². The van der Waals surface area contributed by atoms with Crippen LogP contribution in [0.15, 0.2) is 126 Å². The first-order valence-corrected chi connectivity index (χ1v) is 13.7. The number of benzene rings is 4. The lowest BCUT2D eigenvalue weighted by atomic mass is 10.4. The summed E-state index contributed by atoms with van der Waals surface area (Å²) < 4.78 is 20.1. The fourth-order valence-corrected chi connectivity index (χ4v) is 10.8. The third kappa shape index (κ3) is 4.50. The van der Waals surface area contributed by atoms with Crippen molar-refractivity contribution in [1.29, 1.82) is 0 Å². The van der Waals surface area contributed by atoms with Crippen LogP contribution in [0.5, 0.6) is 0 Å². The summed E-state index contributed by atoms with van der Waals surface area (Å²) in [4.78, 5) is 14.3. The van der Waals surface area contributed by atoms with Crippen LogP contribution in [0, 0.1) is 0 Å². The van der Waals surface area contributed by atoms with Crippen LogP contribution in [0.1, 0.15) is 6.92 Å². The zero-order chi connectivity index (χ0) is 23.1. The minimum Gasteiger partial charge on any atom is -0.462 e. The Morgan fingerprint density at radius 3 is 1.39 bits per heavy atom. The van der Waals surface area contributed by atoms with Crippen LogP contribution >= 0.6 is 6.89 Å². The van der Waals surface area contributed by atoms with E-state index in [1.54, 1.807) is 19.1 Å². The van der Waals surface area contributed by atoms with Gasteiger partial charge in [0.1, 0.15) is 4.63 Å². The third-order valence-corrected chi connectivity index (χ3v) is 11.9. The van der Waals surface area contributed by atoms with Crippen LogP contribution in [-0.4, -0.2) is 21.4 Å². The maximum absolute atomic E-state index is 14.2. The van der Waals surface area contributed by atoms with Gasteiger partial charge in [-0.25, -0.2) is 9.00 Å². The summed E-state index contributed by atoms with van der Waals surface area (Å²) in [6, 6.07) is 38.9. The lowest BCUT2D eigenvalue weighted by Gasteiger charge is -2.31. The molecular formula is C28H25O3PS. The van der Waals surface area contributed by atoms with E-state index in [-0.39, 0.29) is 6.61 Å². The summed E-state index contributed by atoms with van der Waals surface area (Å²) in [5.74, 6) is -0.524. The van der Waals surface area contributed by atoms with E-state index in [1.165, 1.54) is 0 Å². The Morgan fingerprint density at radius 1 is 0.667 bits per heavy atom. The first-order valence-electron chi connectivity index (χ1n) is 10.8. The van der Waals surface area contributed by atoms with Crippen molar-refractivity contribution in [1.82, 2.24) is 0 Å². The quantitative estimate of drug-likeness (QED) is 0.294. The maximum atomic E-state index is 14.2. The fraction of sp³-hybridized carbons (Fsp3) is 0.0714. The Hall–Kier alpha value is -3.20. The minimum absolute atomic E-state index is 0.201. The second-order valence-corrected chi connectivity index (χ2v) is 12.3. The van der Waals surface area contributed by atoms with E-state index in [9.17, 15) is 9.00 Å². The summed E-state index contributed by atoms with van der Waals surface area (Å²) in [6.07, 6.45) is 0. The highest BCUT2D eigenvalue weighted by Gasteiger charge is 2.37. The Kier molecular flexibility index (Phi) is 7.39.